The molecule has 0 radical (unpaired) electrons. The third-order valence-electron chi connectivity index (χ3n) is 3.41. The molecule has 0 aromatic heterocycles. The van der Waals surface area contributed by atoms with Crippen LogP contribution >= 0.6 is 15.9 Å². The van der Waals surface area contributed by atoms with Crippen LogP contribution in [0.1, 0.15) is 24.5 Å². The van der Waals surface area contributed by atoms with E-state index in [-0.39, 0.29) is 12.5 Å². The molecule has 0 saturated carbocycles. The molecular formula is C19H21BrN2O3. The van der Waals surface area contributed by atoms with Crippen LogP contribution in [0.2, 0.25) is 0 Å². The molecular weight excluding hydrogens is 384 g/mol. The van der Waals surface area contributed by atoms with Crippen molar-refractivity contribution in [1.82, 2.24) is 5.43 Å². The van der Waals surface area contributed by atoms with Crippen LogP contribution < -0.4 is 14.9 Å². The molecule has 0 aliphatic rings. The van der Waals surface area contributed by atoms with Crippen molar-refractivity contribution in [3.63, 3.8) is 0 Å². The average molecular weight is 405 g/mol. The van der Waals surface area contributed by atoms with Gasteiger partial charge in [0.1, 0.15) is 11.5 Å². The van der Waals surface area contributed by atoms with E-state index in [1.807, 2.05) is 42.5 Å². The van der Waals surface area contributed by atoms with E-state index >= 15 is 0 Å². The highest BCUT2D eigenvalue weighted by molar-refractivity contribution is 9.10. The van der Waals surface area contributed by atoms with E-state index in [0.717, 1.165) is 28.6 Å². The number of aryl methyl sites for hydroxylation is 1. The molecule has 1 amide bonds. The molecule has 0 saturated heterocycles. The summed E-state index contributed by atoms with van der Waals surface area (Å²) in [6.07, 6.45) is 3.66. The lowest BCUT2D eigenvalue weighted by atomic mass is 10.1. The zero-order valence-electron chi connectivity index (χ0n) is 14.3. The van der Waals surface area contributed by atoms with Gasteiger partial charge in [-0.25, -0.2) is 5.43 Å². The molecule has 5 nitrogen and oxygen atoms in total. The molecule has 0 heterocycles. The van der Waals surface area contributed by atoms with Crippen molar-refractivity contribution in [2.45, 2.75) is 19.8 Å². The minimum atomic E-state index is -0.325. The molecule has 0 atom stereocenters. The SMILES string of the molecule is CCCc1ccc(OCC(=O)N/N=C/c2ccc(OC)cc2)c(Br)c1. The minimum absolute atomic E-state index is 0.105. The van der Waals surface area contributed by atoms with Gasteiger partial charge in [0.05, 0.1) is 17.8 Å². The number of carbonyl (C=O) groups is 1. The van der Waals surface area contributed by atoms with Crippen LogP contribution in [0.3, 0.4) is 0 Å². The molecule has 0 unspecified atom stereocenters. The van der Waals surface area contributed by atoms with Crippen LogP contribution in [-0.4, -0.2) is 25.8 Å². The monoisotopic (exact) mass is 404 g/mol. The Kier molecular flexibility index (Phi) is 7.47. The topological polar surface area (TPSA) is 59.9 Å². The summed E-state index contributed by atoms with van der Waals surface area (Å²) >= 11 is 3.47. The Balaban J connectivity index is 1.81. The van der Waals surface area contributed by atoms with E-state index in [9.17, 15) is 4.79 Å². The van der Waals surface area contributed by atoms with Crippen LogP contribution in [0.15, 0.2) is 52.0 Å². The summed E-state index contributed by atoms with van der Waals surface area (Å²) in [4.78, 5) is 11.8. The Bertz CT molecular complexity index is 730. The molecule has 0 aliphatic heterocycles. The number of nitrogens with one attached hydrogen (secondary N) is 1. The normalized spacial score (nSPS) is 10.7. The Morgan fingerprint density at radius 1 is 1.24 bits per heavy atom. The quantitative estimate of drug-likeness (QED) is 0.535. The fourth-order valence-corrected chi connectivity index (χ4v) is 2.69. The summed E-state index contributed by atoms with van der Waals surface area (Å²) in [5.74, 6) is 1.08. The standard InChI is InChI=1S/C19H21BrN2O3/c1-3-4-14-7-10-18(17(20)11-14)25-13-19(23)22-21-12-15-5-8-16(24-2)9-6-15/h5-12H,3-4,13H2,1-2H3,(H,22,23)/b21-12+. The minimum Gasteiger partial charge on any atom is -0.497 e. The molecule has 2 rings (SSSR count). The van der Waals surface area contributed by atoms with Gasteiger partial charge in [-0.3, -0.25) is 4.79 Å². The maximum Gasteiger partial charge on any atom is 0.277 e. The first kappa shape index (κ1) is 19.0. The molecule has 0 spiro atoms. The summed E-state index contributed by atoms with van der Waals surface area (Å²) in [5, 5.41) is 3.91. The Morgan fingerprint density at radius 3 is 2.64 bits per heavy atom. The summed E-state index contributed by atoms with van der Waals surface area (Å²) in [5.41, 5.74) is 4.53. The van der Waals surface area contributed by atoms with Crippen LogP contribution in [0.25, 0.3) is 0 Å². The van der Waals surface area contributed by atoms with Gasteiger partial charge in [-0.2, -0.15) is 5.10 Å². The lowest BCUT2D eigenvalue weighted by Crippen LogP contribution is -2.24. The first-order valence-electron chi connectivity index (χ1n) is 7.99. The van der Waals surface area contributed by atoms with Gasteiger partial charge in [0.2, 0.25) is 0 Å². The van der Waals surface area contributed by atoms with E-state index < -0.39 is 0 Å². The third kappa shape index (κ3) is 6.23. The Morgan fingerprint density at radius 2 is 2.00 bits per heavy atom. The largest absolute Gasteiger partial charge is 0.497 e. The second kappa shape index (κ2) is 9.84. The van der Waals surface area contributed by atoms with E-state index in [0.29, 0.717) is 5.75 Å². The van der Waals surface area contributed by atoms with E-state index in [1.165, 1.54) is 5.56 Å². The van der Waals surface area contributed by atoms with Gasteiger partial charge in [0, 0.05) is 0 Å². The van der Waals surface area contributed by atoms with E-state index in [1.54, 1.807) is 13.3 Å². The molecule has 25 heavy (non-hydrogen) atoms. The molecule has 132 valence electrons. The van der Waals surface area contributed by atoms with Gasteiger partial charge in [-0.1, -0.05) is 19.4 Å². The van der Waals surface area contributed by atoms with Crippen molar-refractivity contribution in [3.8, 4) is 11.5 Å². The highest BCUT2D eigenvalue weighted by atomic mass is 79.9. The van der Waals surface area contributed by atoms with Crippen molar-refractivity contribution < 1.29 is 14.3 Å². The molecule has 2 aromatic carbocycles. The predicted octanol–water partition coefficient (Wildman–Crippen LogP) is 3.94. The number of hydrogen-bond acceptors (Lipinski definition) is 4. The second-order valence-electron chi connectivity index (χ2n) is 5.37. The molecule has 2 aromatic rings. The van der Waals surface area contributed by atoms with Crippen molar-refractivity contribution in [3.05, 3.63) is 58.1 Å². The molecule has 6 heteroatoms. The first-order valence-corrected chi connectivity index (χ1v) is 8.79. The van der Waals surface area contributed by atoms with Crippen LogP contribution in [0.4, 0.5) is 0 Å². The Labute approximate surface area is 156 Å². The van der Waals surface area contributed by atoms with E-state index in [2.05, 4.69) is 33.4 Å². The van der Waals surface area contributed by atoms with Gasteiger partial charge in [-0.15, -0.1) is 0 Å². The van der Waals surface area contributed by atoms with Crippen LogP contribution in [0, 0.1) is 0 Å². The van der Waals surface area contributed by atoms with Gasteiger partial charge < -0.3 is 9.47 Å². The summed E-state index contributed by atoms with van der Waals surface area (Å²) in [7, 11) is 1.61. The van der Waals surface area contributed by atoms with Crippen molar-refractivity contribution >= 4 is 28.1 Å². The second-order valence-corrected chi connectivity index (χ2v) is 6.22. The highest BCUT2D eigenvalue weighted by Crippen LogP contribution is 2.26. The van der Waals surface area contributed by atoms with Gasteiger partial charge in [0.15, 0.2) is 6.61 Å². The summed E-state index contributed by atoms with van der Waals surface area (Å²) < 4.78 is 11.4. The van der Waals surface area contributed by atoms with Crippen molar-refractivity contribution in [2.75, 3.05) is 13.7 Å². The van der Waals surface area contributed by atoms with Crippen LogP contribution in [-0.2, 0) is 11.2 Å². The van der Waals surface area contributed by atoms with Gasteiger partial charge in [-0.05, 0) is 69.9 Å². The third-order valence-corrected chi connectivity index (χ3v) is 4.03. The van der Waals surface area contributed by atoms with Crippen LogP contribution in [0.5, 0.6) is 11.5 Å². The number of amides is 1. The number of ether oxygens (including phenoxy) is 2. The number of nitrogens with zero attached hydrogens (tertiary/aromatic N) is 1. The number of halogens is 1. The van der Waals surface area contributed by atoms with E-state index in [4.69, 9.17) is 9.47 Å². The number of benzene rings is 2. The molecule has 0 fully saturated rings. The molecule has 0 bridgehead atoms. The maximum absolute atomic E-state index is 11.8. The fourth-order valence-electron chi connectivity index (χ4n) is 2.15. The van der Waals surface area contributed by atoms with Gasteiger partial charge >= 0.3 is 0 Å². The predicted molar refractivity (Wildman–Crippen MR) is 102 cm³/mol. The number of methoxy groups -OCH3 is 1. The number of hydrazone groups is 1. The maximum atomic E-state index is 11.8. The molecule has 0 aliphatic carbocycles. The zero-order valence-corrected chi connectivity index (χ0v) is 15.9. The highest BCUT2D eigenvalue weighted by Gasteiger charge is 2.06. The number of hydrogen-bond donors (Lipinski definition) is 1. The van der Waals surface area contributed by atoms with Crippen molar-refractivity contribution in [2.24, 2.45) is 5.10 Å². The average Bonchev–Trinajstić information content (AvgIpc) is 2.62. The number of rotatable bonds is 8. The zero-order chi connectivity index (χ0) is 18.1. The summed E-state index contributed by atoms with van der Waals surface area (Å²) in [6.45, 7) is 2.03. The lowest BCUT2D eigenvalue weighted by Gasteiger charge is -2.08. The fraction of sp³-hybridized carbons (Fsp3) is 0.263. The Hall–Kier alpha value is -2.34. The number of carbonyl (C=O) groups excluding carboxylic acids is 1. The summed E-state index contributed by atoms with van der Waals surface area (Å²) in [6, 6.07) is 13.2. The first-order chi connectivity index (χ1) is 12.1. The molecule has 1 N–H and O–H groups in total. The van der Waals surface area contributed by atoms with Crippen molar-refractivity contribution in [1.29, 1.82) is 0 Å². The smallest absolute Gasteiger partial charge is 0.277 e. The lowest BCUT2D eigenvalue weighted by molar-refractivity contribution is -0.123. The van der Waals surface area contributed by atoms with Gasteiger partial charge in [0.25, 0.3) is 5.91 Å².